The molecule has 2 aliphatic heterocycles. The predicted molar refractivity (Wildman–Crippen MR) is 82.5 cm³/mol. The quantitative estimate of drug-likeness (QED) is 0.862. The normalized spacial score (nSPS) is 41.9. The minimum atomic E-state index is 0.0533. The lowest BCUT2D eigenvalue weighted by Crippen LogP contribution is -2.66. The van der Waals surface area contributed by atoms with Gasteiger partial charge in [0, 0.05) is 24.1 Å². The van der Waals surface area contributed by atoms with Crippen molar-refractivity contribution in [3.63, 3.8) is 0 Å². The smallest absolute Gasteiger partial charge is 0.165 e. The first-order valence-corrected chi connectivity index (χ1v) is 8.42. The summed E-state index contributed by atoms with van der Waals surface area (Å²) >= 11 is 0. The van der Waals surface area contributed by atoms with Crippen LogP contribution in [0.15, 0.2) is 12.1 Å². The van der Waals surface area contributed by atoms with Crippen LogP contribution < -0.4 is 4.74 Å². The highest BCUT2D eigenvalue weighted by Crippen LogP contribution is 2.63. The largest absolute Gasteiger partial charge is 0.504 e. The molecule has 4 aliphatic rings. The Morgan fingerprint density at radius 2 is 2.23 bits per heavy atom. The van der Waals surface area contributed by atoms with Gasteiger partial charge < -0.3 is 19.5 Å². The lowest BCUT2D eigenvalue weighted by atomic mass is 9.51. The molecule has 2 fully saturated rings. The standard InChI is InChI=1S/C18H23NO3/c1-19-8-7-18-11-4-6-14(21-2)17(18)22-16-13(20)5-3-10(15(16)18)9-12(11)19/h3,5,11-12,14,17,20H,4,6-9H2,1-2H3/t11-,12+,14-,17?,18?/m0/s1. The average molecular weight is 301 g/mol. The molecular weight excluding hydrogens is 278 g/mol. The van der Waals surface area contributed by atoms with Gasteiger partial charge in [0.05, 0.1) is 6.10 Å². The van der Waals surface area contributed by atoms with E-state index >= 15 is 0 Å². The number of hydrogen-bond acceptors (Lipinski definition) is 4. The summed E-state index contributed by atoms with van der Waals surface area (Å²) in [6, 6.07) is 4.51. The van der Waals surface area contributed by atoms with Crippen LogP contribution in [0, 0.1) is 5.92 Å². The number of likely N-dealkylation sites (tertiary alicyclic amines) is 1. The zero-order valence-corrected chi connectivity index (χ0v) is 13.2. The Morgan fingerprint density at radius 3 is 3.05 bits per heavy atom. The summed E-state index contributed by atoms with van der Waals surface area (Å²) in [5, 5.41) is 10.3. The SMILES string of the molecule is CO[C@H]1CC[C@H]2[C@H]3Cc4ccc(O)c5c4C2(CCN3C)C1O5. The van der Waals surface area contributed by atoms with Crippen LogP contribution >= 0.6 is 0 Å². The van der Waals surface area contributed by atoms with Crippen molar-refractivity contribution in [3.05, 3.63) is 23.3 Å². The Bertz CT molecular complexity index is 645. The molecule has 2 bridgehead atoms. The van der Waals surface area contributed by atoms with Gasteiger partial charge in [-0.3, -0.25) is 0 Å². The molecule has 4 heteroatoms. The Hall–Kier alpha value is -1.26. The zero-order valence-electron chi connectivity index (χ0n) is 13.2. The van der Waals surface area contributed by atoms with E-state index in [1.807, 2.05) is 0 Å². The molecule has 1 aromatic carbocycles. The summed E-state index contributed by atoms with van der Waals surface area (Å²) in [4.78, 5) is 2.54. The molecule has 2 aliphatic carbocycles. The van der Waals surface area contributed by atoms with Gasteiger partial charge in [0.25, 0.3) is 0 Å². The third-order valence-corrected chi connectivity index (χ3v) is 6.84. The van der Waals surface area contributed by atoms with Gasteiger partial charge >= 0.3 is 0 Å². The van der Waals surface area contributed by atoms with Crippen LogP contribution in [-0.2, 0) is 16.6 Å². The predicted octanol–water partition coefficient (Wildman–Crippen LogP) is 2.08. The third kappa shape index (κ3) is 1.32. The minimum Gasteiger partial charge on any atom is -0.504 e. The van der Waals surface area contributed by atoms with Gasteiger partial charge in [0.1, 0.15) is 6.10 Å². The fraction of sp³-hybridized carbons (Fsp3) is 0.667. The highest BCUT2D eigenvalue weighted by Gasteiger charge is 2.65. The van der Waals surface area contributed by atoms with Crippen molar-refractivity contribution in [1.82, 2.24) is 4.90 Å². The van der Waals surface area contributed by atoms with Gasteiger partial charge in [-0.25, -0.2) is 0 Å². The van der Waals surface area contributed by atoms with Crippen LogP contribution in [0.25, 0.3) is 0 Å². The molecule has 2 heterocycles. The summed E-state index contributed by atoms with van der Waals surface area (Å²) < 4.78 is 12.1. The summed E-state index contributed by atoms with van der Waals surface area (Å²) in [5.41, 5.74) is 2.74. The second-order valence-corrected chi connectivity index (χ2v) is 7.49. The number of methoxy groups -OCH3 is 1. The highest BCUT2D eigenvalue weighted by atomic mass is 16.5. The molecule has 1 N–H and O–H groups in total. The molecule has 0 aromatic heterocycles. The van der Waals surface area contributed by atoms with E-state index in [0.717, 1.165) is 31.6 Å². The van der Waals surface area contributed by atoms with Crippen LogP contribution in [0.5, 0.6) is 11.5 Å². The number of likely N-dealkylation sites (N-methyl/N-ethyl adjacent to an activating group) is 1. The molecule has 1 spiro atoms. The van der Waals surface area contributed by atoms with Crippen molar-refractivity contribution >= 4 is 0 Å². The van der Waals surface area contributed by atoms with Gasteiger partial charge in [-0.05, 0) is 56.8 Å². The monoisotopic (exact) mass is 301 g/mol. The molecule has 0 amide bonds. The van der Waals surface area contributed by atoms with E-state index < -0.39 is 0 Å². The first-order valence-electron chi connectivity index (χ1n) is 8.42. The number of benzene rings is 1. The molecule has 0 radical (unpaired) electrons. The molecule has 2 unspecified atom stereocenters. The summed E-state index contributed by atoms with van der Waals surface area (Å²) in [6.07, 6.45) is 4.65. The van der Waals surface area contributed by atoms with Crippen LogP contribution in [0.3, 0.4) is 0 Å². The van der Waals surface area contributed by atoms with E-state index in [9.17, 15) is 5.11 Å². The first kappa shape index (κ1) is 13.2. The number of rotatable bonds is 1. The zero-order chi connectivity index (χ0) is 15.1. The molecule has 22 heavy (non-hydrogen) atoms. The molecule has 4 nitrogen and oxygen atoms in total. The van der Waals surface area contributed by atoms with Gasteiger partial charge in [-0.15, -0.1) is 0 Å². The van der Waals surface area contributed by atoms with Crippen molar-refractivity contribution in [2.75, 3.05) is 20.7 Å². The van der Waals surface area contributed by atoms with Crippen LogP contribution in [0.4, 0.5) is 0 Å². The van der Waals surface area contributed by atoms with E-state index in [1.54, 1.807) is 13.2 Å². The fourth-order valence-electron chi connectivity index (χ4n) is 5.93. The molecule has 1 saturated heterocycles. The molecule has 118 valence electrons. The third-order valence-electron chi connectivity index (χ3n) is 6.84. The maximum atomic E-state index is 10.3. The van der Waals surface area contributed by atoms with Gasteiger partial charge in [0.15, 0.2) is 11.5 Å². The topological polar surface area (TPSA) is 41.9 Å². The second-order valence-electron chi connectivity index (χ2n) is 7.49. The van der Waals surface area contributed by atoms with Gasteiger partial charge in [-0.1, -0.05) is 6.07 Å². The maximum absolute atomic E-state index is 10.3. The van der Waals surface area contributed by atoms with Crippen LogP contribution in [-0.4, -0.2) is 49.0 Å². The van der Waals surface area contributed by atoms with Crippen LogP contribution in [0.1, 0.15) is 30.4 Å². The number of phenols is 1. The number of aromatic hydroxyl groups is 1. The fourth-order valence-corrected chi connectivity index (χ4v) is 5.93. The average Bonchev–Trinajstić information content (AvgIpc) is 2.88. The van der Waals surface area contributed by atoms with Crippen molar-refractivity contribution in [1.29, 1.82) is 0 Å². The number of hydrogen-bond donors (Lipinski definition) is 1. The molecule has 5 rings (SSSR count). The van der Waals surface area contributed by atoms with E-state index in [-0.39, 0.29) is 17.6 Å². The van der Waals surface area contributed by atoms with Crippen LogP contribution in [0.2, 0.25) is 0 Å². The van der Waals surface area contributed by atoms with E-state index in [4.69, 9.17) is 9.47 Å². The van der Waals surface area contributed by atoms with E-state index in [2.05, 4.69) is 18.0 Å². The maximum Gasteiger partial charge on any atom is 0.165 e. The Morgan fingerprint density at radius 1 is 1.36 bits per heavy atom. The molecule has 1 saturated carbocycles. The molecular formula is C18H23NO3. The minimum absolute atomic E-state index is 0.0533. The van der Waals surface area contributed by atoms with Gasteiger partial charge in [0.2, 0.25) is 0 Å². The van der Waals surface area contributed by atoms with Crippen molar-refractivity contribution in [2.45, 2.75) is 49.3 Å². The first-order chi connectivity index (χ1) is 10.7. The van der Waals surface area contributed by atoms with Crippen molar-refractivity contribution < 1.29 is 14.6 Å². The summed E-state index contributed by atoms with van der Waals surface area (Å²) in [7, 11) is 4.06. The number of piperidine rings is 1. The number of phenolic OH excluding ortho intramolecular Hbond substituents is 1. The Labute approximate surface area is 131 Å². The van der Waals surface area contributed by atoms with Gasteiger partial charge in [-0.2, -0.15) is 0 Å². The number of nitrogens with zero attached hydrogens (tertiary/aromatic N) is 1. The molecule has 1 aromatic rings. The second kappa shape index (κ2) is 4.18. The van der Waals surface area contributed by atoms with Crippen molar-refractivity contribution in [3.8, 4) is 11.5 Å². The number of ether oxygens (including phenoxy) is 2. The highest BCUT2D eigenvalue weighted by molar-refractivity contribution is 5.60. The summed E-state index contributed by atoms with van der Waals surface area (Å²) in [6.45, 7) is 1.10. The lowest BCUT2D eigenvalue weighted by Gasteiger charge is -2.58. The Kier molecular flexibility index (Phi) is 2.51. The summed E-state index contributed by atoms with van der Waals surface area (Å²) in [5.74, 6) is 1.67. The molecule has 5 atom stereocenters. The van der Waals surface area contributed by atoms with E-state index in [0.29, 0.717) is 17.7 Å². The van der Waals surface area contributed by atoms with Crippen molar-refractivity contribution in [2.24, 2.45) is 5.92 Å². The van der Waals surface area contributed by atoms with E-state index in [1.165, 1.54) is 17.5 Å². The lowest BCUT2D eigenvalue weighted by molar-refractivity contribution is -0.111. The Balaban J connectivity index is 1.78.